The van der Waals surface area contributed by atoms with E-state index in [1.165, 1.54) is 12.3 Å². The minimum absolute atomic E-state index is 0.0254. The molecule has 0 spiro atoms. The molecule has 3 aromatic rings. The summed E-state index contributed by atoms with van der Waals surface area (Å²) >= 11 is 0. The first-order valence-corrected chi connectivity index (χ1v) is 11.9. The van der Waals surface area contributed by atoms with E-state index in [1.54, 1.807) is 12.3 Å². The van der Waals surface area contributed by atoms with Crippen molar-refractivity contribution in [3.05, 3.63) is 71.3 Å². The molecule has 1 aliphatic carbocycles. The Hall–Kier alpha value is -3.34. The van der Waals surface area contributed by atoms with Crippen LogP contribution in [0.15, 0.2) is 42.9 Å². The first-order valence-electron chi connectivity index (χ1n) is 11.9. The summed E-state index contributed by atoms with van der Waals surface area (Å²) in [5, 5.41) is 21.7. The predicted molar refractivity (Wildman–Crippen MR) is 126 cm³/mol. The molecule has 2 aromatic heterocycles. The Labute approximate surface area is 206 Å². The van der Waals surface area contributed by atoms with Gasteiger partial charge < -0.3 is 20.7 Å². The Kier molecular flexibility index (Phi) is 6.50. The molecule has 1 saturated heterocycles. The van der Waals surface area contributed by atoms with E-state index in [0.717, 1.165) is 31.2 Å². The van der Waals surface area contributed by atoms with E-state index in [1.807, 2.05) is 0 Å². The lowest BCUT2D eigenvalue weighted by Gasteiger charge is -2.49. The standard InChI is InChI=1S/C26H26F2N4O4/c27-16-4-3-5-17(28)23(16)25-31-13-18(29)24(32-25)19(33)10-14-12-30-9-7-15(14)20-11-21(34)26(35)8-2-1-6-22(26)36-20/h3-5,7,9,12-13,20-22,34-35H,1-2,6,8,10-11,29H2/t20-,21-,22-,26+/m1/s1. The van der Waals surface area contributed by atoms with E-state index >= 15 is 0 Å². The van der Waals surface area contributed by atoms with Crippen LogP contribution in [-0.2, 0) is 11.2 Å². The van der Waals surface area contributed by atoms with Crippen molar-refractivity contribution in [3.63, 3.8) is 0 Å². The van der Waals surface area contributed by atoms with E-state index in [-0.39, 0.29) is 30.0 Å². The number of aromatic nitrogens is 3. The molecule has 0 unspecified atom stereocenters. The molecule has 8 nitrogen and oxygen atoms in total. The topological polar surface area (TPSA) is 131 Å². The van der Waals surface area contributed by atoms with E-state index in [9.17, 15) is 23.8 Å². The van der Waals surface area contributed by atoms with Gasteiger partial charge >= 0.3 is 0 Å². The van der Waals surface area contributed by atoms with Crippen molar-refractivity contribution >= 4 is 11.5 Å². The number of halogens is 2. The average molecular weight is 497 g/mol. The highest BCUT2D eigenvalue weighted by Crippen LogP contribution is 2.44. The third kappa shape index (κ3) is 4.36. The van der Waals surface area contributed by atoms with Crippen molar-refractivity contribution in [1.29, 1.82) is 0 Å². The number of pyridine rings is 1. The van der Waals surface area contributed by atoms with Crippen LogP contribution in [-0.4, -0.2) is 48.8 Å². The predicted octanol–water partition coefficient (Wildman–Crippen LogP) is 3.32. The fourth-order valence-electron chi connectivity index (χ4n) is 5.18. The number of ether oxygens (including phenoxy) is 1. The summed E-state index contributed by atoms with van der Waals surface area (Å²) in [5.41, 5.74) is 5.25. The molecule has 1 aromatic carbocycles. The van der Waals surface area contributed by atoms with E-state index in [4.69, 9.17) is 10.5 Å². The lowest BCUT2D eigenvalue weighted by Crippen LogP contribution is -2.58. The maximum absolute atomic E-state index is 14.3. The lowest BCUT2D eigenvalue weighted by atomic mass is 9.74. The number of nitrogens with zero attached hydrogens (tertiary/aromatic N) is 3. The summed E-state index contributed by atoms with van der Waals surface area (Å²) in [6.45, 7) is 0. The van der Waals surface area contributed by atoms with E-state index in [2.05, 4.69) is 15.0 Å². The number of aliphatic hydroxyl groups is 2. The van der Waals surface area contributed by atoms with Gasteiger partial charge in [-0.2, -0.15) is 0 Å². The number of hydrogen-bond donors (Lipinski definition) is 3. The van der Waals surface area contributed by atoms with Gasteiger partial charge in [0.1, 0.15) is 22.9 Å². The Morgan fingerprint density at radius 1 is 1.19 bits per heavy atom. The summed E-state index contributed by atoms with van der Waals surface area (Å²) in [7, 11) is 0. The van der Waals surface area contributed by atoms with Crippen LogP contribution in [0.4, 0.5) is 14.5 Å². The number of nitrogen functional groups attached to an aromatic ring is 1. The normalized spacial score (nSPS) is 25.8. The third-order valence-electron chi connectivity index (χ3n) is 7.10. The number of ketones is 1. The molecule has 1 aliphatic heterocycles. The molecule has 0 amide bonds. The minimum atomic E-state index is -1.27. The molecule has 2 aliphatic rings. The molecule has 10 heteroatoms. The van der Waals surface area contributed by atoms with Crippen LogP contribution in [0.2, 0.25) is 0 Å². The molecule has 0 radical (unpaired) electrons. The highest BCUT2D eigenvalue weighted by molar-refractivity contribution is 6.00. The molecule has 3 heterocycles. The molecule has 36 heavy (non-hydrogen) atoms. The number of Topliss-reactive ketones (excluding diaryl/α,β-unsaturated/α-hetero) is 1. The van der Waals surface area contributed by atoms with Gasteiger partial charge in [0.05, 0.1) is 35.8 Å². The maximum Gasteiger partial charge on any atom is 0.187 e. The van der Waals surface area contributed by atoms with Crippen LogP contribution in [0.3, 0.4) is 0 Å². The number of rotatable bonds is 5. The highest BCUT2D eigenvalue weighted by atomic mass is 19.1. The van der Waals surface area contributed by atoms with Crippen LogP contribution in [0.25, 0.3) is 11.4 Å². The van der Waals surface area contributed by atoms with Crippen molar-refractivity contribution in [3.8, 4) is 11.4 Å². The molecular formula is C26H26F2N4O4. The molecular weight excluding hydrogens is 470 g/mol. The summed E-state index contributed by atoms with van der Waals surface area (Å²) in [6, 6.07) is 5.09. The first-order chi connectivity index (χ1) is 17.3. The zero-order valence-corrected chi connectivity index (χ0v) is 19.4. The van der Waals surface area contributed by atoms with Gasteiger partial charge in [0.2, 0.25) is 0 Å². The van der Waals surface area contributed by atoms with Crippen molar-refractivity contribution in [2.24, 2.45) is 0 Å². The van der Waals surface area contributed by atoms with Crippen molar-refractivity contribution in [2.75, 3.05) is 5.73 Å². The molecule has 4 atom stereocenters. The van der Waals surface area contributed by atoms with Gasteiger partial charge in [0.15, 0.2) is 11.6 Å². The van der Waals surface area contributed by atoms with Crippen LogP contribution in [0.1, 0.15) is 59.8 Å². The molecule has 4 N–H and O–H groups in total. The second-order valence-electron chi connectivity index (χ2n) is 9.37. The summed E-state index contributed by atoms with van der Waals surface area (Å²) < 4.78 is 34.7. The largest absolute Gasteiger partial charge is 0.396 e. The number of carbonyl (C=O) groups is 1. The molecule has 5 rings (SSSR count). The van der Waals surface area contributed by atoms with Crippen LogP contribution < -0.4 is 5.73 Å². The summed E-state index contributed by atoms with van der Waals surface area (Å²) in [5.74, 6) is -2.50. The number of benzene rings is 1. The summed E-state index contributed by atoms with van der Waals surface area (Å²) in [6.07, 6.45) is 5.08. The molecule has 1 saturated carbocycles. The van der Waals surface area contributed by atoms with Crippen LogP contribution >= 0.6 is 0 Å². The smallest absolute Gasteiger partial charge is 0.187 e. The van der Waals surface area contributed by atoms with E-state index < -0.39 is 46.9 Å². The minimum Gasteiger partial charge on any atom is -0.396 e. The van der Waals surface area contributed by atoms with Crippen LogP contribution in [0.5, 0.6) is 0 Å². The van der Waals surface area contributed by atoms with E-state index in [0.29, 0.717) is 24.0 Å². The van der Waals surface area contributed by atoms with Gasteiger partial charge in [0.25, 0.3) is 0 Å². The number of hydrogen-bond acceptors (Lipinski definition) is 8. The SMILES string of the molecule is Nc1cnc(-c2c(F)cccc2F)nc1C(=O)Cc1cnccc1[C@H]1C[C@@H](O)[C@@]2(O)CCCC[C@H]2O1. The number of anilines is 1. The van der Waals surface area contributed by atoms with Gasteiger partial charge in [-0.3, -0.25) is 9.78 Å². The average Bonchev–Trinajstić information content (AvgIpc) is 2.85. The Balaban J connectivity index is 1.42. The summed E-state index contributed by atoms with van der Waals surface area (Å²) in [4.78, 5) is 25.4. The highest BCUT2D eigenvalue weighted by Gasteiger charge is 2.51. The number of nitrogens with two attached hydrogens (primary N) is 1. The number of aliphatic hydroxyl groups excluding tert-OH is 1. The fourth-order valence-corrected chi connectivity index (χ4v) is 5.18. The first kappa shape index (κ1) is 24.4. The molecule has 2 fully saturated rings. The van der Waals surface area contributed by atoms with Crippen molar-refractivity contribution in [2.45, 2.75) is 62.4 Å². The van der Waals surface area contributed by atoms with Crippen molar-refractivity contribution < 1.29 is 28.5 Å². The second kappa shape index (κ2) is 9.61. The van der Waals surface area contributed by atoms with Gasteiger partial charge in [-0.1, -0.05) is 18.9 Å². The molecule has 0 bridgehead atoms. The number of fused-ring (bicyclic) bond motifs is 1. The van der Waals surface area contributed by atoms with Gasteiger partial charge in [0, 0.05) is 25.2 Å². The van der Waals surface area contributed by atoms with Crippen LogP contribution in [0, 0.1) is 11.6 Å². The Morgan fingerprint density at radius 2 is 1.97 bits per heavy atom. The third-order valence-corrected chi connectivity index (χ3v) is 7.10. The second-order valence-corrected chi connectivity index (χ2v) is 9.37. The maximum atomic E-state index is 14.3. The van der Waals surface area contributed by atoms with Crippen molar-refractivity contribution in [1.82, 2.24) is 15.0 Å². The number of carbonyl (C=O) groups excluding carboxylic acids is 1. The van der Waals surface area contributed by atoms with Gasteiger partial charge in [-0.15, -0.1) is 0 Å². The Bertz CT molecular complexity index is 1290. The zero-order chi connectivity index (χ0) is 25.4. The fraction of sp³-hybridized carbons (Fsp3) is 0.385. The molecule has 188 valence electrons. The quantitative estimate of drug-likeness (QED) is 0.459. The Morgan fingerprint density at radius 3 is 2.75 bits per heavy atom. The monoisotopic (exact) mass is 496 g/mol. The lowest BCUT2D eigenvalue weighted by molar-refractivity contribution is -0.242. The van der Waals surface area contributed by atoms with Gasteiger partial charge in [-0.05, 0) is 42.2 Å². The van der Waals surface area contributed by atoms with Gasteiger partial charge in [-0.25, -0.2) is 18.7 Å². The zero-order valence-electron chi connectivity index (χ0n) is 19.4.